The van der Waals surface area contributed by atoms with Crippen LogP contribution in [0.4, 0.5) is 0 Å². The number of piperazine rings is 1. The van der Waals surface area contributed by atoms with Gasteiger partial charge in [0.1, 0.15) is 6.54 Å². The number of aromatic amines is 1. The van der Waals surface area contributed by atoms with Crippen molar-refractivity contribution < 1.29 is 4.79 Å². The van der Waals surface area contributed by atoms with Crippen molar-refractivity contribution >= 4 is 16.9 Å². The zero-order valence-electron chi connectivity index (χ0n) is 13.2. The van der Waals surface area contributed by atoms with Crippen LogP contribution in [0.5, 0.6) is 0 Å². The van der Waals surface area contributed by atoms with Gasteiger partial charge in [-0.1, -0.05) is 12.1 Å². The van der Waals surface area contributed by atoms with Crippen molar-refractivity contribution in [3.05, 3.63) is 34.7 Å². The van der Waals surface area contributed by atoms with E-state index in [0.717, 1.165) is 50.2 Å². The maximum atomic E-state index is 12.0. The summed E-state index contributed by atoms with van der Waals surface area (Å²) in [5, 5.41) is 6.22. The molecule has 1 aliphatic rings. The van der Waals surface area contributed by atoms with Gasteiger partial charge >= 0.3 is 5.69 Å². The Bertz CT molecular complexity index is 715. The third-order valence-electron chi connectivity index (χ3n) is 4.17. The number of nitrogens with one attached hydrogen (secondary N) is 3. The molecular weight excluding hydrogens is 294 g/mol. The number of hydrogen-bond donors (Lipinski definition) is 3. The topological polar surface area (TPSA) is 82.2 Å². The number of benzene rings is 1. The molecule has 0 atom stereocenters. The summed E-state index contributed by atoms with van der Waals surface area (Å²) < 4.78 is 1.47. The van der Waals surface area contributed by atoms with Crippen molar-refractivity contribution in [2.45, 2.75) is 13.0 Å². The Hall–Kier alpha value is -2.12. The molecule has 0 bridgehead atoms. The largest absolute Gasteiger partial charge is 0.354 e. The summed E-state index contributed by atoms with van der Waals surface area (Å²) >= 11 is 0. The molecule has 0 saturated carbocycles. The van der Waals surface area contributed by atoms with Gasteiger partial charge in [-0.2, -0.15) is 0 Å². The molecule has 0 aliphatic carbocycles. The van der Waals surface area contributed by atoms with Gasteiger partial charge in [0.15, 0.2) is 0 Å². The number of carbonyl (C=O) groups is 1. The van der Waals surface area contributed by atoms with Crippen LogP contribution in [0.15, 0.2) is 29.1 Å². The van der Waals surface area contributed by atoms with E-state index in [4.69, 9.17) is 0 Å². The second-order valence-electron chi connectivity index (χ2n) is 5.83. The predicted molar refractivity (Wildman–Crippen MR) is 89.5 cm³/mol. The van der Waals surface area contributed by atoms with Crippen molar-refractivity contribution in [2.24, 2.45) is 0 Å². The summed E-state index contributed by atoms with van der Waals surface area (Å²) in [6.07, 6.45) is 0.925. The number of fused-ring (bicyclic) bond motifs is 1. The number of rotatable bonds is 6. The first-order chi connectivity index (χ1) is 11.2. The third kappa shape index (κ3) is 4.00. The number of aromatic nitrogens is 2. The van der Waals surface area contributed by atoms with Gasteiger partial charge in [-0.25, -0.2) is 4.79 Å². The van der Waals surface area contributed by atoms with Crippen LogP contribution in [0, 0.1) is 0 Å². The lowest BCUT2D eigenvalue weighted by Gasteiger charge is -2.27. The van der Waals surface area contributed by atoms with E-state index in [9.17, 15) is 9.59 Å². The smallest absolute Gasteiger partial charge is 0.326 e. The number of imidazole rings is 1. The summed E-state index contributed by atoms with van der Waals surface area (Å²) in [7, 11) is 0. The van der Waals surface area contributed by atoms with Crippen LogP contribution in [-0.4, -0.2) is 59.6 Å². The van der Waals surface area contributed by atoms with Crippen molar-refractivity contribution in [2.75, 3.05) is 39.3 Å². The highest BCUT2D eigenvalue weighted by Gasteiger charge is 2.11. The van der Waals surface area contributed by atoms with Crippen LogP contribution in [0.3, 0.4) is 0 Å². The molecule has 1 amide bonds. The standard InChI is InChI=1S/C16H23N5O2/c22-15(18-6-3-9-20-10-7-17-8-11-20)12-21-14-5-2-1-4-13(14)19-16(21)23/h1-2,4-5,17H,3,6-12H2,(H,18,22)(H,19,23). The molecular formula is C16H23N5O2. The molecule has 23 heavy (non-hydrogen) atoms. The molecule has 0 radical (unpaired) electrons. The first-order valence-corrected chi connectivity index (χ1v) is 8.11. The molecule has 1 aromatic heterocycles. The molecule has 0 spiro atoms. The molecule has 7 heteroatoms. The minimum atomic E-state index is -0.248. The molecule has 2 heterocycles. The van der Waals surface area contributed by atoms with E-state index < -0.39 is 0 Å². The lowest BCUT2D eigenvalue weighted by molar-refractivity contribution is -0.121. The zero-order valence-corrected chi connectivity index (χ0v) is 13.2. The molecule has 0 unspecified atom stereocenters. The third-order valence-corrected chi connectivity index (χ3v) is 4.17. The monoisotopic (exact) mass is 317 g/mol. The second-order valence-corrected chi connectivity index (χ2v) is 5.83. The fourth-order valence-corrected chi connectivity index (χ4v) is 2.93. The average molecular weight is 317 g/mol. The lowest BCUT2D eigenvalue weighted by atomic mass is 10.3. The Balaban J connectivity index is 1.47. The van der Waals surface area contributed by atoms with Crippen LogP contribution in [0.2, 0.25) is 0 Å². The fraction of sp³-hybridized carbons (Fsp3) is 0.500. The van der Waals surface area contributed by atoms with E-state index in [1.54, 1.807) is 0 Å². The van der Waals surface area contributed by atoms with Gasteiger partial charge in [-0.3, -0.25) is 9.36 Å². The van der Waals surface area contributed by atoms with Gasteiger partial charge in [0.05, 0.1) is 11.0 Å². The van der Waals surface area contributed by atoms with Gasteiger partial charge in [-0.05, 0) is 25.1 Å². The van der Waals surface area contributed by atoms with E-state index in [1.165, 1.54) is 4.57 Å². The van der Waals surface area contributed by atoms with E-state index in [0.29, 0.717) is 6.54 Å². The van der Waals surface area contributed by atoms with Crippen molar-refractivity contribution in [1.82, 2.24) is 25.1 Å². The summed E-state index contributed by atoms with van der Waals surface area (Å²) in [6.45, 7) is 5.90. The molecule has 1 aromatic carbocycles. The SMILES string of the molecule is O=C(Cn1c(=O)[nH]c2ccccc21)NCCCN1CCNCC1. The van der Waals surface area contributed by atoms with Crippen LogP contribution in [0.1, 0.15) is 6.42 Å². The molecule has 1 saturated heterocycles. The molecule has 3 N–H and O–H groups in total. The quantitative estimate of drug-likeness (QED) is 0.641. The molecule has 124 valence electrons. The highest BCUT2D eigenvalue weighted by molar-refractivity contribution is 5.80. The number of para-hydroxylation sites is 2. The van der Waals surface area contributed by atoms with E-state index in [-0.39, 0.29) is 18.1 Å². The number of nitrogens with zero attached hydrogens (tertiary/aromatic N) is 2. The number of amides is 1. The predicted octanol–water partition coefficient (Wildman–Crippen LogP) is -0.259. The van der Waals surface area contributed by atoms with Crippen LogP contribution in [-0.2, 0) is 11.3 Å². The van der Waals surface area contributed by atoms with Gasteiger partial charge in [0.2, 0.25) is 5.91 Å². The van der Waals surface area contributed by atoms with Gasteiger partial charge in [0, 0.05) is 32.7 Å². The highest BCUT2D eigenvalue weighted by atomic mass is 16.2. The minimum Gasteiger partial charge on any atom is -0.354 e. The van der Waals surface area contributed by atoms with Gasteiger partial charge in [0.25, 0.3) is 0 Å². The minimum absolute atomic E-state index is 0.0521. The van der Waals surface area contributed by atoms with Gasteiger partial charge < -0.3 is 20.5 Å². The molecule has 7 nitrogen and oxygen atoms in total. The zero-order chi connectivity index (χ0) is 16.1. The maximum absolute atomic E-state index is 12.0. The number of carbonyl (C=O) groups excluding carboxylic acids is 1. The Morgan fingerprint density at radius 3 is 2.83 bits per heavy atom. The Labute approximate surface area is 134 Å². The maximum Gasteiger partial charge on any atom is 0.326 e. The van der Waals surface area contributed by atoms with Crippen molar-refractivity contribution in [3.63, 3.8) is 0 Å². The van der Waals surface area contributed by atoms with Gasteiger partial charge in [-0.15, -0.1) is 0 Å². The molecule has 1 fully saturated rings. The first-order valence-electron chi connectivity index (χ1n) is 8.11. The van der Waals surface area contributed by atoms with Crippen molar-refractivity contribution in [3.8, 4) is 0 Å². The Morgan fingerprint density at radius 1 is 1.22 bits per heavy atom. The summed E-state index contributed by atoms with van der Waals surface area (Å²) in [6, 6.07) is 7.39. The normalized spacial score (nSPS) is 15.8. The lowest BCUT2D eigenvalue weighted by Crippen LogP contribution is -2.44. The second kappa shape index (κ2) is 7.43. The first kappa shape index (κ1) is 15.8. The fourth-order valence-electron chi connectivity index (χ4n) is 2.93. The van der Waals surface area contributed by atoms with Crippen LogP contribution in [0.25, 0.3) is 11.0 Å². The summed E-state index contributed by atoms with van der Waals surface area (Å²) in [5.74, 6) is -0.128. The molecule has 2 aromatic rings. The molecule has 3 rings (SSSR count). The number of hydrogen-bond acceptors (Lipinski definition) is 4. The van der Waals surface area contributed by atoms with Crippen molar-refractivity contribution in [1.29, 1.82) is 0 Å². The van der Waals surface area contributed by atoms with E-state index in [2.05, 4.69) is 20.5 Å². The Kier molecular flexibility index (Phi) is 5.09. The van der Waals surface area contributed by atoms with E-state index in [1.807, 2.05) is 24.3 Å². The Morgan fingerprint density at radius 2 is 2.00 bits per heavy atom. The highest BCUT2D eigenvalue weighted by Crippen LogP contribution is 2.08. The average Bonchev–Trinajstić information content (AvgIpc) is 2.88. The summed E-state index contributed by atoms with van der Waals surface area (Å²) in [5.41, 5.74) is 1.26. The molecule has 1 aliphatic heterocycles. The van der Waals surface area contributed by atoms with Crippen LogP contribution < -0.4 is 16.3 Å². The van der Waals surface area contributed by atoms with Crippen LogP contribution >= 0.6 is 0 Å². The summed E-state index contributed by atoms with van der Waals surface area (Å²) in [4.78, 5) is 29.1. The number of H-pyrrole nitrogens is 1. The van der Waals surface area contributed by atoms with E-state index >= 15 is 0 Å².